The monoisotopic (exact) mass is 402 g/mol. The highest BCUT2D eigenvalue weighted by Crippen LogP contribution is 2.28. The zero-order valence-corrected chi connectivity index (χ0v) is 16.1. The molecule has 146 valence electrons. The van der Waals surface area contributed by atoms with E-state index in [9.17, 15) is 9.18 Å². The number of aromatic amines is 1. The van der Waals surface area contributed by atoms with Crippen LogP contribution in [0.5, 0.6) is 0 Å². The number of anilines is 1. The molecule has 9 heteroatoms. The molecule has 1 atom stereocenters. The van der Waals surface area contributed by atoms with Gasteiger partial charge in [0.05, 0.1) is 11.2 Å². The minimum absolute atomic E-state index is 0.0191. The van der Waals surface area contributed by atoms with Crippen LogP contribution in [0.2, 0.25) is 5.02 Å². The molecule has 1 amide bonds. The molecule has 1 aliphatic rings. The third-order valence-electron chi connectivity index (χ3n) is 4.96. The number of likely N-dealkylation sites (N-methyl/N-ethyl adjacent to an activating group) is 1. The molecule has 0 aliphatic carbocycles. The lowest BCUT2D eigenvalue weighted by molar-refractivity contribution is -0.131. The van der Waals surface area contributed by atoms with Crippen molar-refractivity contribution in [1.82, 2.24) is 24.8 Å². The van der Waals surface area contributed by atoms with Gasteiger partial charge < -0.3 is 15.2 Å². The van der Waals surface area contributed by atoms with E-state index in [-0.39, 0.29) is 11.7 Å². The molecule has 4 heterocycles. The number of pyridine rings is 1. The van der Waals surface area contributed by atoms with Crippen molar-refractivity contribution in [2.24, 2.45) is 0 Å². The largest absolute Gasteiger partial charge is 0.356 e. The summed E-state index contributed by atoms with van der Waals surface area (Å²) in [5.41, 5.74) is 1.30. The van der Waals surface area contributed by atoms with E-state index in [1.165, 1.54) is 0 Å². The molecule has 0 bridgehead atoms. The van der Waals surface area contributed by atoms with Gasteiger partial charge >= 0.3 is 0 Å². The van der Waals surface area contributed by atoms with Gasteiger partial charge in [-0.3, -0.25) is 4.79 Å². The predicted octanol–water partition coefficient (Wildman–Crippen LogP) is 3.63. The average molecular weight is 403 g/mol. The van der Waals surface area contributed by atoms with Gasteiger partial charge in [-0.1, -0.05) is 11.6 Å². The average Bonchev–Trinajstić information content (AvgIpc) is 3.02. The maximum Gasteiger partial charge on any atom is 0.245 e. The second-order valence-corrected chi connectivity index (χ2v) is 7.19. The van der Waals surface area contributed by atoms with Crippen LogP contribution in [0, 0.1) is 5.82 Å². The van der Waals surface area contributed by atoms with Crippen LogP contribution in [0.25, 0.3) is 22.4 Å². The minimum Gasteiger partial charge on any atom is -0.356 e. The summed E-state index contributed by atoms with van der Waals surface area (Å²) in [4.78, 5) is 30.2. The summed E-state index contributed by atoms with van der Waals surface area (Å²) in [6, 6.07) is 1.25. The Morgan fingerprint density at radius 2 is 2.21 bits per heavy atom. The summed E-state index contributed by atoms with van der Waals surface area (Å²) in [5, 5.41) is 4.22. The Balaban J connectivity index is 1.67. The first-order valence-electron chi connectivity index (χ1n) is 9.27. The molecule has 0 aromatic carbocycles. The Kier molecular flexibility index (Phi) is 5.13. The van der Waals surface area contributed by atoms with Crippen LogP contribution in [0.15, 0.2) is 24.7 Å². The zero-order chi connectivity index (χ0) is 19.7. The van der Waals surface area contributed by atoms with Crippen LogP contribution < -0.4 is 5.32 Å². The number of rotatable bonds is 4. The highest BCUT2D eigenvalue weighted by atomic mass is 35.5. The van der Waals surface area contributed by atoms with Crippen molar-refractivity contribution >= 4 is 34.4 Å². The first kappa shape index (κ1) is 18.6. The lowest BCUT2D eigenvalue weighted by Crippen LogP contribution is -2.41. The molecular formula is C19H20ClFN6O. The van der Waals surface area contributed by atoms with Crippen molar-refractivity contribution in [3.8, 4) is 11.4 Å². The molecule has 3 aromatic heterocycles. The summed E-state index contributed by atoms with van der Waals surface area (Å²) in [6.07, 6.45) is 6.84. The van der Waals surface area contributed by atoms with Crippen molar-refractivity contribution in [1.29, 1.82) is 0 Å². The number of hydrogen-bond acceptors (Lipinski definition) is 5. The molecule has 7 nitrogen and oxygen atoms in total. The highest BCUT2D eigenvalue weighted by molar-refractivity contribution is 6.31. The smallest absolute Gasteiger partial charge is 0.245 e. The van der Waals surface area contributed by atoms with Gasteiger partial charge in [-0.2, -0.15) is 0 Å². The third kappa shape index (κ3) is 3.52. The number of nitrogens with zero attached hydrogens (tertiary/aromatic N) is 4. The predicted molar refractivity (Wildman–Crippen MR) is 106 cm³/mol. The number of nitrogens with one attached hydrogen (secondary N) is 2. The van der Waals surface area contributed by atoms with Gasteiger partial charge in [0.2, 0.25) is 5.91 Å². The molecule has 1 saturated heterocycles. The highest BCUT2D eigenvalue weighted by Gasteiger charge is 2.27. The molecule has 1 unspecified atom stereocenters. The number of aromatic nitrogens is 4. The second kappa shape index (κ2) is 7.71. The van der Waals surface area contributed by atoms with E-state index in [0.29, 0.717) is 35.0 Å². The van der Waals surface area contributed by atoms with E-state index in [0.717, 1.165) is 31.0 Å². The van der Waals surface area contributed by atoms with Crippen LogP contribution in [0.3, 0.4) is 0 Å². The van der Waals surface area contributed by atoms with Gasteiger partial charge in [0, 0.05) is 36.4 Å². The van der Waals surface area contributed by atoms with Gasteiger partial charge in [0.15, 0.2) is 17.5 Å². The number of amides is 1. The summed E-state index contributed by atoms with van der Waals surface area (Å²) in [5.74, 6) is -0.277. The number of hydrogen-bond donors (Lipinski definition) is 2. The fourth-order valence-corrected chi connectivity index (χ4v) is 3.64. The SMILES string of the molecule is CCN1CCCCC(Nc2nc(-c3c[nH]c4ncc(Cl)cc34)ncc2F)C1=O. The Labute approximate surface area is 166 Å². The number of likely N-dealkylation sites (tertiary alicyclic amines) is 1. The maximum absolute atomic E-state index is 14.4. The van der Waals surface area contributed by atoms with E-state index in [1.54, 1.807) is 23.4 Å². The van der Waals surface area contributed by atoms with E-state index >= 15 is 0 Å². The van der Waals surface area contributed by atoms with Crippen LogP contribution in [0.1, 0.15) is 26.2 Å². The summed E-state index contributed by atoms with van der Waals surface area (Å²) < 4.78 is 14.4. The summed E-state index contributed by atoms with van der Waals surface area (Å²) >= 11 is 6.05. The first-order valence-corrected chi connectivity index (χ1v) is 9.65. The lowest BCUT2D eigenvalue weighted by Gasteiger charge is -2.23. The maximum atomic E-state index is 14.4. The number of fused-ring (bicyclic) bond motifs is 1. The quantitative estimate of drug-likeness (QED) is 0.696. The standard InChI is InChI=1S/C19H20ClFN6O/c1-2-27-6-4-3-5-15(19(27)28)25-18-14(21)10-24-17(26-18)13-9-23-16-12(13)7-11(20)8-22-16/h7-10,15H,2-6H2,1H3,(H,22,23)(H,24,25,26). The van der Waals surface area contributed by atoms with E-state index in [4.69, 9.17) is 11.6 Å². The molecule has 1 fully saturated rings. The van der Waals surface area contributed by atoms with E-state index in [2.05, 4.69) is 25.3 Å². The van der Waals surface area contributed by atoms with Gasteiger partial charge in [0.25, 0.3) is 0 Å². The molecule has 4 rings (SSSR count). The summed E-state index contributed by atoms with van der Waals surface area (Å²) in [6.45, 7) is 3.31. The fraction of sp³-hybridized carbons (Fsp3) is 0.368. The van der Waals surface area contributed by atoms with Crippen molar-refractivity contribution in [2.75, 3.05) is 18.4 Å². The van der Waals surface area contributed by atoms with Crippen LogP contribution in [0.4, 0.5) is 10.2 Å². The molecule has 0 spiro atoms. The number of H-pyrrole nitrogens is 1. The minimum atomic E-state index is -0.597. The molecule has 28 heavy (non-hydrogen) atoms. The molecule has 1 aliphatic heterocycles. The normalized spacial score (nSPS) is 17.8. The molecule has 2 N–H and O–H groups in total. The van der Waals surface area contributed by atoms with Crippen LogP contribution in [-0.4, -0.2) is 49.9 Å². The van der Waals surface area contributed by atoms with Crippen molar-refractivity contribution in [3.63, 3.8) is 0 Å². The van der Waals surface area contributed by atoms with Crippen molar-refractivity contribution in [3.05, 3.63) is 35.5 Å². The number of carbonyl (C=O) groups excluding carboxylic acids is 1. The second-order valence-electron chi connectivity index (χ2n) is 6.75. The fourth-order valence-electron chi connectivity index (χ4n) is 3.48. The number of halogens is 2. The Bertz CT molecular complexity index is 1020. The van der Waals surface area contributed by atoms with Crippen molar-refractivity contribution < 1.29 is 9.18 Å². The molecule has 3 aromatic rings. The Morgan fingerprint density at radius 1 is 1.36 bits per heavy atom. The molecule has 0 radical (unpaired) electrons. The van der Waals surface area contributed by atoms with Crippen molar-refractivity contribution in [2.45, 2.75) is 32.2 Å². The van der Waals surface area contributed by atoms with Gasteiger partial charge in [-0.05, 0) is 32.3 Å². The Hall–Kier alpha value is -2.74. The number of carbonyl (C=O) groups is 1. The molecular weight excluding hydrogens is 383 g/mol. The summed E-state index contributed by atoms with van der Waals surface area (Å²) in [7, 11) is 0. The van der Waals surface area contributed by atoms with Gasteiger partial charge in [-0.15, -0.1) is 0 Å². The van der Waals surface area contributed by atoms with Crippen LogP contribution >= 0.6 is 11.6 Å². The zero-order valence-electron chi connectivity index (χ0n) is 15.4. The third-order valence-corrected chi connectivity index (χ3v) is 5.16. The lowest BCUT2D eigenvalue weighted by atomic mass is 10.1. The Morgan fingerprint density at radius 3 is 3.04 bits per heavy atom. The van der Waals surface area contributed by atoms with Gasteiger partial charge in [-0.25, -0.2) is 19.3 Å². The van der Waals surface area contributed by atoms with E-state index < -0.39 is 11.9 Å². The topological polar surface area (TPSA) is 86.8 Å². The van der Waals surface area contributed by atoms with E-state index in [1.807, 2.05) is 6.92 Å². The van der Waals surface area contributed by atoms with Crippen LogP contribution in [-0.2, 0) is 4.79 Å². The van der Waals surface area contributed by atoms with Gasteiger partial charge in [0.1, 0.15) is 11.7 Å². The first-order chi connectivity index (χ1) is 13.6. The molecule has 0 saturated carbocycles.